The maximum absolute atomic E-state index is 11.6. The first kappa shape index (κ1) is 11.7. The average molecular weight is 235 g/mol. The molecule has 0 unspecified atom stereocenters. The molecule has 1 aliphatic rings. The lowest BCUT2D eigenvalue weighted by molar-refractivity contribution is 0.246. The van der Waals surface area contributed by atoms with Gasteiger partial charge in [-0.2, -0.15) is 0 Å². The lowest BCUT2D eigenvalue weighted by Gasteiger charge is -2.27. The first-order chi connectivity index (χ1) is 8.29. The number of carbonyl (C=O) groups is 1. The summed E-state index contributed by atoms with van der Waals surface area (Å²) in [5, 5.41) is 8.77. The fourth-order valence-corrected chi connectivity index (χ4v) is 1.64. The van der Waals surface area contributed by atoms with Crippen LogP contribution < -0.4 is 20.7 Å². The van der Waals surface area contributed by atoms with Gasteiger partial charge in [-0.1, -0.05) is 12.1 Å². The van der Waals surface area contributed by atoms with Gasteiger partial charge in [-0.3, -0.25) is 0 Å². The minimum absolute atomic E-state index is 0.193. The summed E-state index contributed by atoms with van der Waals surface area (Å²) in [5.74, 6) is 1.21. The highest BCUT2D eigenvalue weighted by Gasteiger charge is 2.17. The van der Waals surface area contributed by atoms with Crippen molar-refractivity contribution in [1.29, 1.82) is 0 Å². The van der Waals surface area contributed by atoms with Crippen LogP contribution in [0.4, 0.5) is 10.5 Å². The van der Waals surface area contributed by atoms with Crippen LogP contribution in [0.1, 0.15) is 0 Å². The van der Waals surface area contributed by atoms with Crippen molar-refractivity contribution in [1.82, 2.24) is 10.6 Å². The van der Waals surface area contributed by atoms with E-state index in [9.17, 15) is 4.79 Å². The van der Waals surface area contributed by atoms with E-state index in [1.807, 2.05) is 24.3 Å². The van der Waals surface area contributed by atoms with Crippen molar-refractivity contribution in [3.05, 3.63) is 24.3 Å². The Morgan fingerprint density at radius 1 is 1.47 bits per heavy atom. The van der Waals surface area contributed by atoms with Crippen LogP contribution in [0.25, 0.3) is 0 Å². The van der Waals surface area contributed by atoms with Crippen molar-refractivity contribution in [3.63, 3.8) is 0 Å². The Kier molecular flexibility index (Phi) is 3.82. The number of anilines is 1. The predicted molar refractivity (Wildman–Crippen MR) is 66.4 cm³/mol. The standard InChI is InChI=1S/C12H17N3O2/c1-17-11-5-3-2-4-10(11)15-12(16)14-8-9-6-13-7-9/h2-5,9,13H,6-8H2,1H3,(H2,14,15,16). The number of hydrogen-bond donors (Lipinski definition) is 3. The Bertz CT molecular complexity index is 391. The van der Waals surface area contributed by atoms with Crippen LogP contribution in [0.5, 0.6) is 5.75 Å². The van der Waals surface area contributed by atoms with Crippen LogP contribution in [0.15, 0.2) is 24.3 Å². The number of nitrogens with one attached hydrogen (secondary N) is 3. The zero-order valence-corrected chi connectivity index (χ0v) is 9.82. The number of ether oxygens (including phenoxy) is 1. The van der Waals surface area contributed by atoms with Gasteiger partial charge in [0.1, 0.15) is 5.75 Å². The molecule has 92 valence electrons. The summed E-state index contributed by atoms with van der Waals surface area (Å²) in [6.07, 6.45) is 0. The van der Waals surface area contributed by atoms with E-state index in [2.05, 4.69) is 16.0 Å². The van der Waals surface area contributed by atoms with Crippen molar-refractivity contribution in [2.45, 2.75) is 0 Å². The first-order valence-electron chi connectivity index (χ1n) is 5.68. The van der Waals surface area contributed by atoms with E-state index >= 15 is 0 Å². The molecule has 1 aromatic rings. The second-order valence-electron chi connectivity index (χ2n) is 4.06. The molecule has 17 heavy (non-hydrogen) atoms. The molecule has 1 saturated heterocycles. The third-order valence-corrected chi connectivity index (χ3v) is 2.77. The summed E-state index contributed by atoms with van der Waals surface area (Å²) >= 11 is 0. The molecule has 1 heterocycles. The van der Waals surface area contributed by atoms with Gasteiger partial charge in [-0.25, -0.2) is 4.79 Å². The smallest absolute Gasteiger partial charge is 0.319 e. The van der Waals surface area contributed by atoms with Crippen molar-refractivity contribution in [2.75, 3.05) is 32.1 Å². The number of urea groups is 1. The van der Waals surface area contributed by atoms with Crippen LogP contribution in [-0.2, 0) is 0 Å². The van der Waals surface area contributed by atoms with E-state index in [0.717, 1.165) is 13.1 Å². The Balaban J connectivity index is 1.84. The lowest BCUT2D eigenvalue weighted by Crippen LogP contribution is -2.48. The number of hydrogen-bond acceptors (Lipinski definition) is 3. The molecule has 1 aromatic carbocycles. The van der Waals surface area contributed by atoms with Gasteiger partial charge in [0.15, 0.2) is 0 Å². The minimum atomic E-state index is -0.193. The largest absolute Gasteiger partial charge is 0.495 e. The Labute approximate surface area is 101 Å². The molecular formula is C12H17N3O2. The third-order valence-electron chi connectivity index (χ3n) is 2.77. The van der Waals surface area contributed by atoms with Crippen LogP contribution >= 0.6 is 0 Å². The molecule has 0 atom stereocenters. The molecule has 1 fully saturated rings. The van der Waals surface area contributed by atoms with Gasteiger partial charge in [-0.05, 0) is 12.1 Å². The Morgan fingerprint density at radius 2 is 2.24 bits per heavy atom. The first-order valence-corrected chi connectivity index (χ1v) is 5.68. The van der Waals surface area contributed by atoms with Gasteiger partial charge in [0.2, 0.25) is 0 Å². The molecule has 2 amide bonds. The summed E-state index contributed by atoms with van der Waals surface area (Å²) in [6.45, 7) is 2.66. The maximum Gasteiger partial charge on any atom is 0.319 e. The Hall–Kier alpha value is -1.75. The van der Waals surface area contributed by atoms with Crippen molar-refractivity contribution in [2.24, 2.45) is 5.92 Å². The van der Waals surface area contributed by atoms with Gasteiger partial charge in [0.25, 0.3) is 0 Å². The predicted octanol–water partition coefficient (Wildman–Crippen LogP) is 1.04. The van der Waals surface area contributed by atoms with E-state index in [4.69, 9.17) is 4.74 Å². The third kappa shape index (κ3) is 3.10. The van der Waals surface area contributed by atoms with Gasteiger partial charge < -0.3 is 20.7 Å². The number of carbonyl (C=O) groups excluding carboxylic acids is 1. The second-order valence-corrected chi connectivity index (χ2v) is 4.06. The molecule has 3 N–H and O–H groups in total. The molecule has 0 bridgehead atoms. The molecule has 5 heteroatoms. The van der Waals surface area contributed by atoms with Crippen molar-refractivity contribution >= 4 is 11.7 Å². The average Bonchev–Trinajstić information content (AvgIpc) is 2.27. The van der Waals surface area contributed by atoms with Gasteiger partial charge in [0.05, 0.1) is 12.8 Å². The van der Waals surface area contributed by atoms with E-state index in [0.29, 0.717) is 23.9 Å². The molecule has 0 aliphatic carbocycles. The summed E-state index contributed by atoms with van der Waals surface area (Å²) in [4.78, 5) is 11.6. The number of para-hydroxylation sites is 2. The highest BCUT2D eigenvalue weighted by atomic mass is 16.5. The van der Waals surface area contributed by atoms with Gasteiger partial charge >= 0.3 is 6.03 Å². The summed E-state index contributed by atoms with van der Waals surface area (Å²) in [5.41, 5.74) is 0.680. The molecule has 2 rings (SSSR count). The number of rotatable bonds is 4. The summed E-state index contributed by atoms with van der Waals surface area (Å²) in [6, 6.07) is 7.14. The molecule has 1 aliphatic heterocycles. The fraction of sp³-hybridized carbons (Fsp3) is 0.417. The van der Waals surface area contributed by atoms with Crippen LogP contribution in [-0.4, -0.2) is 32.8 Å². The minimum Gasteiger partial charge on any atom is -0.495 e. The number of amides is 2. The zero-order chi connectivity index (χ0) is 12.1. The highest BCUT2D eigenvalue weighted by molar-refractivity contribution is 5.90. The van der Waals surface area contributed by atoms with Gasteiger partial charge in [-0.15, -0.1) is 0 Å². The Morgan fingerprint density at radius 3 is 2.88 bits per heavy atom. The summed E-state index contributed by atoms with van der Waals surface area (Å²) < 4.78 is 5.15. The molecule has 0 aromatic heterocycles. The van der Waals surface area contributed by atoms with Crippen LogP contribution in [0.3, 0.4) is 0 Å². The zero-order valence-electron chi connectivity index (χ0n) is 9.82. The number of benzene rings is 1. The van der Waals surface area contributed by atoms with E-state index in [-0.39, 0.29) is 6.03 Å². The van der Waals surface area contributed by atoms with E-state index in [1.54, 1.807) is 7.11 Å². The lowest BCUT2D eigenvalue weighted by atomic mass is 10.0. The van der Waals surface area contributed by atoms with E-state index < -0.39 is 0 Å². The normalized spacial score (nSPS) is 14.9. The fourth-order valence-electron chi connectivity index (χ4n) is 1.64. The second kappa shape index (κ2) is 5.54. The maximum atomic E-state index is 11.6. The molecule has 0 radical (unpaired) electrons. The van der Waals surface area contributed by atoms with E-state index in [1.165, 1.54) is 0 Å². The van der Waals surface area contributed by atoms with Gasteiger partial charge in [0, 0.05) is 25.6 Å². The van der Waals surface area contributed by atoms with Crippen molar-refractivity contribution in [3.8, 4) is 5.75 Å². The topological polar surface area (TPSA) is 62.4 Å². The molecule has 0 spiro atoms. The molecule has 5 nitrogen and oxygen atoms in total. The SMILES string of the molecule is COc1ccccc1NC(=O)NCC1CNC1. The monoisotopic (exact) mass is 235 g/mol. The highest BCUT2D eigenvalue weighted by Crippen LogP contribution is 2.22. The van der Waals surface area contributed by atoms with Crippen LogP contribution in [0.2, 0.25) is 0 Å². The molecule has 0 saturated carbocycles. The summed E-state index contributed by atoms with van der Waals surface area (Å²) in [7, 11) is 1.58. The molecular weight excluding hydrogens is 218 g/mol. The number of methoxy groups -OCH3 is 1. The van der Waals surface area contributed by atoms with Crippen LogP contribution in [0, 0.1) is 5.92 Å². The quantitative estimate of drug-likeness (QED) is 0.730. The van der Waals surface area contributed by atoms with Crippen molar-refractivity contribution < 1.29 is 9.53 Å².